The third-order valence-electron chi connectivity index (χ3n) is 1.88. The van der Waals surface area contributed by atoms with Crippen LogP contribution in [0.15, 0.2) is 12.1 Å². The molecule has 0 heterocycles. The second-order valence-electron chi connectivity index (χ2n) is 2.98. The zero-order chi connectivity index (χ0) is 11.4. The summed E-state index contributed by atoms with van der Waals surface area (Å²) < 4.78 is 18.1. The number of ketones is 1. The van der Waals surface area contributed by atoms with Crippen molar-refractivity contribution in [2.75, 3.05) is 6.61 Å². The van der Waals surface area contributed by atoms with Gasteiger partial charge in [0.05, 0.1) is 12.2 Å². The second-order valence-corrected chi connectivity index (χ2v) is 2.98. The van der Waals surface area contributed by atoms with Crippen LogP contribution >= 0.6 is 0 Å². The van der Waals surface area contributed by atoms with Gasteiger partial charge >= 0.3 is 0 Å². The van der Waals surface area contributed by atoms with Gasteiger partial charge in [-0.25, -0.2) is 4.39 Å². The molecule has 0 aliphatic heterocycles. The van der Waals surface area contributed by atoms with Crippen molar-refractivity contribution in [1.29, 1.82) is 0 Å². The van der Waals surface area contributed by atoms with E-state index in [4.69, 9.17) is 4.74 Å². The molecule has 0 spiro atoms. The van der Waals surface area contributed by atoms with E-state index in [1.54, 1.807) is 6.92 Å². The van der Waals surface area contributed by atoms with Crippen LogP contribution in [0.1, 0.15) is 34.6 Å². The Bertz CT molecular complexity index is 399. The maximum absolute atomic E-state index is 13.0. The lowest BCUT2D eigenvalue weighted by Gasteiger charge is -2.09. The van der Waals surface area contributed by atoms with Crippen LogP contribution in [0.4, 0.5) is 4.39 Å². The van der Waals surface area contributed by atoms with Gasteiger partial charge in [-0.05, 0) is 19.9 Å². The van der Waals surface area contributed by atoms with Crippen molar-refractivity contribution in [3.05, 3.63) is 29.1 Å². The summed E-state index contributed by atoms with van der Waals surface area (Å²) in [6.07, 6.45) is 0.447. The number of Topliss-reactive ketones (excluding diaryl/α,β-unsaturated/α-hetero) is 1. The highest BCUT2D eigenvalue weighted by Crippen LogP contribution is 2.24. The minimum Gasteiger partial charge on any atom is -0.493 e. The Hall–Kier alpha value is -1.71. The van der Waals surface area contributed by atoms with Gasteiger partial charge in [-0.3, -0.25) is 9.59 Å². The fraction of sp³-hybridized carbons (Fsp3) is 0.273. The molecule has 0 fully saturated rings. The largest absolute Gasteiger partial charge is 0.493 e. The molecule has 4 heteroatoms. The summed E-state index contributed by atoms with van der Waals surface area (Å²) >= 11 is 0. The summed E-state index contributed by atoms with van der Waals surface area (Å²) in [5.74, 6) is -0.793. The Morgan fingerprint density at radius 2 is 2.20 bits per heavy atom. The highest BCUT2D eigenvalue weighted by Gasteiger charge is 2.15. The number of ether oxygens (including phenoxy) is 1. The molecule has 15 heavy (non-hydrogen) atoms. The van der Waals surface area contributed by atoms with E-state index in [1.165, 1.54) is 6.92 Å². The number of hydrogen-bond acceptors (Lipinski definition) is 3. The number of aldehydes is 1. The van der Waals surface area contributed by atoms with E-state index in [0.717, 1.165) is 12.1 Å². The number of benzene rings is 1. The summed E-state index contributed by atoms with van der Waals surface area (Å²) in [4.78, 5) is 21.9. The van der Waals surface area contributed by atoms with Gasteiger partial charge in [-0.1, -0.05) is 0 Å². The first-order valence-electron chi connectivity index (χ1n) is 4.52. The molecule has 0 aliphatic rings. The van der Waals surface area contributed by atoms with Crippen LogP contribution in [-0.4, -0.2) is 18.7 Å². The Morgan fingerprint density at radius 3 is 2.67 bits per heavy atom. The van der Waals surface area contributed by atoms with Crippen molar-refractivity contribution in [2.24, 2.45) is 0 Å². The zero-order valence-corrected chi connectivity index (χ0v) is 8.54. The smallest absolute Gasteiger partial charge is 0.164 e. The van der Waals surface area contributed by atoms with E-state index in [2.05, 4.69) is 0 Å². The van der Waals surface area contributed by atoms with Crippen molar-refractivity contribution < 1.29 is 18.7 Å². The van der Waals surface area contributed by atoms with E-state index in [1.807, 2.05) is 0 Å². The van der Waals surface area contributed by atoms with Gasteiger partial charge in [-0.2, -0.15) is 0 Å². The molecule has 0 saturated carbocycles. The molecular formula is C11H11FO3. The lowest BCUT2D eigenvalue weighted by atomic mass is 10.0. The first-order valence-corrected chi connectivity index (χ1v) is 4.52. The highest BCUT2D eigenvalue weighted by molar-refractivity contribution is 6.03. The number of rotatable bonds is 4. The van der Waals surface area contributed by atoms with E-state index >= 15 is 0 Å². The Balaban J connectivity index is 3.39. The van der Waals surface area contributed by atoms with Crippen molar-refractivity contribution in [3.63, 3.8) is 0 Å². The molecule has 0 atom stereocenters. The van der Waals surface area contributed by atoms with Crippen LogP contribution in [0.5, 0.6) is 5.75 Å². The molecule has 3 nitrogen and oxygen atoms in total. The second kappa shape index (κ2) is 4.68. The molecule has 0 radical (unpaired) electrons. The van der Waals surface area contributed by atoms with Gasteiger partial charge in [0, 0.05) is 11.6 Å². The fourth-order valence-electron chi connectivity index (χ4n) is 1.34. The highest BCUT2D eigenvalue weighted by atomic mass is 19.1. The molecule has 0 amide bonds. The first kappa shape index (κ1) is 11.4. The Morgan fingerprint density at radius 1 is 1.53 bits per heavy atom. The maximum atomic E-state index is 13.0. The molecule has 0 N–H and O–H groups in total. The summed E-state index contributed by atoms with van der Waals surface area (Å²) in [6.45, 7) is 3.33. The SMILES string of the molecule is CCOc1cc(F)cc(C=O)c1C(C)=O. The average Bonchev–Trinajstić information content (AvgIpc) is 2.16. The van der Waals surface area contributed by atoms with Crippen LogP contribution < -0.4 is 4.74 Å². The molecule has 0 aromatic heterocycles. The third-order valence-corrected chi connectivity index (χ3v) is 1.88. The van der Waals surface area contributed by atoms with E-state index in [0.29, 0.717) is 12.9 Å². The number of hydrogen-bond donors (Lipinski definition) is 0. The molecule has 0 saturated heterocycles. The van der Waals surface area contributed by atoms with E-state index in [-0.39, 0.29) is 22.7 Å². The predicted octanol–water partition coefficient (Wildman–Crippen LogP) is 2.24. The van der Waals surface area contributed by atoms with Crippen LogP contribution in [0.25, 0.3) is 0 Å². The van der Waals surface area contributed by atoms with Crippen molar-refractivity contribution in [1.82, 2.24) is 0 Å². The van der Waals surface area contributed by atoms with Crippen LogP contribution in [0.3, 0.4) is 0 Å². The van der Waals surface area contributed by atoms with Crippen LogP contribution in [-0.2, 0) is 0 Å². The Labute approximate surface area is 86.9 Å². The summed E-state index contributed by atoms with van der Waals surface area (Å²) in [6, 6.07) is 2.12. The lowest BCUT2D eigenvalue weighted by molar-refractivity contribution is 0.100. The molecule has 0 unspecified atom stereocenters. The van der Waals surface area contributed by atoms with Gasteiger partial charge in [0.15, 0.2) is 12.1 Å². The topological polar surface area (TPSA) is 43.4 Å². The fourth-order valence-corrected chi connectivity index (χ4v) is 1.34. The van der Waals surface area contributed by atoms with Gasteiger partial charge < -0.3 is 4.74 Å². The monoisotopic (exact) mass is 210 g/mol. The lowest BCUT2D eigenvalue weighted by Crippen LogP contribution is -2.05. The molecule has 1 aromatic carbocycles. The quantitative estimate of drug-likeness (QED) is 0.565. The minimum absolute atomic E-state index is 0.0194. The van der Waals surface area contributed by atoms with Gasteiger partial charge in [0.2, 0.25) is 0 Å². The van der Waals surface area contributed by atoms with Crippen LogP contribution in [0.2, 0.25) is 0 Å². The molecule has 80 valence electrons. The molecule has 0 bridgehead atoms. The van der Waals surface area contributed by atoms with E-state index in [9.17, 15) is 14.0 Å². The zero-order valence-electron chi connectivity index (χ0n) is 8.54. The summed E-state index contributed by atoms with van der Waals surface area (Å²) in [5, 5.41) is 0. The van der Waals surface area contributed by atoms with Crippen LogP contribution in [0, 0.1) is 5.82 Å². The normalized spacial score (nSPS) is 9.80. The minimum atomic E-state index is -0.592. The molecule has 1 rings (SSSR count). The molecule has 0 aliphatic carbocycles. The van der Waals surface area contributed by atoms with E-state index < -0.39 is 5.82 Å². The summed E-state index contributed by atoms with van der Waals surface area (Å²) in [7, 11) is 0. The number of carbonyl (C=O) groups is 2. The van der Waals surface area contributed by atoms with Crippen molar-refractivity contribution >= 4 is 12.1 Å². The Kier molecular flexibility index (Phi) is 3.55. The van der Waals surface area contributed by atoms with Crippen molar-refractivity contribution in [2.45, 2.75) is 13.8 Å². The predicted molar refractivity (Wildman–Crippen MR) is 53.0 cm³/mol. The number of halogens is 1. The standard InChI is InChI=1S/C11H11FO3/c1-3-15-10-5-9(12)4-8(6-13)11(10)7(2)14/h4-6H,3H2,1-2H3. The van der Waals surface area contributed by atoms with Gasteiger partial charge in [0.1, 0.15) is 11.6 Å². The first-order chi connectivity index (χ1) is 7.10. The molecular weight excluding hydrogens is 199 g/mol. The summed E-state index contributed by atoms with van der Waals surface area (Å²) in [5.41, 5.74) is 0.152. The van der Waals surface area contributed by atoms with Crippen molar-refractivity contribution in [3.8, 4) is 5.75 Å². The van der Waals surface area contributed by atoms with Gasteiger partial charge in [-0.15, -0.1) is 0 Å². The third kappa shape index (κ3) is 2.40. The maximum Gasteiger partial charge on any atom is 0.164 e. The van der Waals surface area contributed by atoms with Gasteiger partial charge in [0.25, 0.3) is 0 Å². The molecule has 1 aromatic rings. The average molecular weight is 210 g/mol. The number of carbonyl (C=O) groups excluding carboxylic acids is 2.